The normalized spacial score (nSPS) is 13.2. The van der Waals surface area contributed by atoms with Gasteiger partial charge in [-0.05, 0) is 39.0 Å². The van der Waals surface area contributed by atoms with Crippen LogP contribution in [0.2, 0.25) is 0 Å². The third-order valence-electron chi connectivity index (χ3n) is 2.62. The van der Waals surface area contributed by atoms with Gasteiger partial charge >= 0.3 is 6.09 Å². The van der Waals surface area contributed by atoms with Gasteiger partial charge in [0, 0.05) is 19.0 Å². The van der Waals surface area contributed by atoms with E-state index in [-0.39, 0.29) is 11.9 Å². The van der Waals surface area contributed by atoms with Crippen LogP contribution in [-0.4, -0.2) is 30.2 Å². The van der Waals surface area contributed by atoms with Crippen molar-refractivity contribution in [2.24, 2.45) is 11.8 Å². The van der Waals surface area contributed by atoms with Crippen LogP contribution in [0, 0.1) is 11.8 Å². The minimum atomic E-state index is -0.520. The first-order valence-electron chi connectivity index (χ1n) is 7.75. The number of rotatable bonds is 7. The minimum absolute atomic E-state index is 0.0183. The molecule has 124 valence electrons. The lowest BCUT2D eigenvalue weighted by Crippen LogP contribution is -2.46. The molecule has 1 atom stereocenters. The molecule has 0 aromatic heterocycles. The Bertz CT molecular complexity index is 333. The highest BCUT2D eigenvalue weighted by atomic mass is 16.6. The van der Waals surface area contributed by atoms with Crippen molar-refractivity contribution in [2.75, 3.05) is 6.54 Å². The third kappa shape index (κ3) is 12.2. The van der Waals surface area contributed by atoms with Crippen LogP contribution in [0.25, 0.3) is 0 Å². The first-order valence-corrected chi connectivity index (χ1v) is 7.75. The molecule has 0 rings (SSSR count). The molecular formula is C16H32N2O3. The Hall–Kier alpha value is -1.26. The van der Waals surface area contributed by atoms with Crippen molar-refractivity contribution < 1.29 is 14.3 Å². The van der Waals surface area contributed by atoms with E-state index in [0.29, 0.717) is 24.8 Å². The van der Waals surface area contributed by atoms with Crippen LogP contribution in [0.15, 0.2) is 0 Å². The van der Waals surface area contributed by atoms with Crippen LogP contribution in [-0.2, 0) is 9.53 Å². The number of nitrogens with one attached hydrogen (secondary N) is 2. The first-order chi connectivity index (χ1) is 9.49. The summed E-state index contributed by atoms with van der Waals surface area (Å²) in [4.78, 5) is 23.5. The van der Waals surface area contributed by atoms with Crippen LogP contribution in [0.4, 0.5) is 4.79 Å². The van der Waals surface area contributed by atoms with Crippen molar-refractivity contribution in [2.45, 2.75) is 73.0 Å². The Morgan fingerprint density at radius 1 is 1.05 bits per heavy atom. The zero-order valence-electron chi connectivity index (χ0n) is 14.6. The van der Waals surface area contributed by atoms with Gasteiger partial charge in [-0.1, -0.05) is 27.7 Å². The van der Waals surface area contributed by atoms with E-state index in [4.69, 9.17) is 4.74 Å². The number of carbonyl (C=O) groups is 2. The summed E-state index contributed by atoms with van der Waals surface area (Å²) in [6.07, 6.45) is 0.855. The molecule has 0 aromatic carbocycles. The standard InChI is InChI=1S/C16H32N2O3/c1-11(2)8-13(10-17-14(19)9-12(3)4)18-15(20)21-16(5,6)7/h11-13H,8-10H2,1-7H3,(H,17,19)(H,18,20)/t13-/m0/s1. The van der Waals surface area contributed by atoms with E-state index in [1.54, 1.807) is 0 Å². The maximum atomic E-state index is 11.8. The molecule has 0 saturated heterocycles. The number of amides is 2. The molecular weight excluding hydrogens is 268 g/mol. The molecule has 0 heterocycles. The van der Waals surface area contributed by atoms with Gasteiger partial charge < -0.3 is 15.4 Å². The van der Waals surface area contributed by atoms with Gasteiger partial charge in [-0.25, -0.2) is 4.79 Å². The Kier molecular flexibility index (Phi) is 8.37. The fourth-order valence-electron chi connectivity index (χ4n) is 1.92. The molecule has 0 radical (unpaired) electrons. The van der Waals surface area contributed by atoms with E-state index >= 15 is 0 Å². The van der Waals surface area contributed by atoms with Crippen molar-refractivity contribution in [1.82, 2.24) is 10.6 Å². The van der Waals surface area contributed by atoms with E-state index in [2.05, 4.69) is 24.5 Å². The monoisotopic (exact) mass is 300 g/mol. The molecule has 0 spiro atoms. The smallest absolute Gasteiger partial charge is 0.407 e. The van der Waals surface area contributed by atoms with Crippen LogP contribution < -0.4 is 10.6 Å². The Balaban J connectivity index is 4.38. The van der Waals surface area contributed by atoms with E-state index in [1.165, 1.54) is 0 Å². The predicted molar refractivity (Wildman–Crippen MR) is 85.1 cm³/mol. The van der Waals surface area contributed by atoms with Gasteiger partial charge in [-0.2, -0.15) is 0 Å². The molecule has 0 aromatic rings. The van der Waals surface area contributed by atoms with Gasteiger partial charge in [-0.3, -0.25) is 4.79 Å². The Morgan fingerprint density at radius 2 is 1.62 bits per heavy atom. The number of ether oxygens (including phenoxy) is 1. The van der Waals surface area contributed by atoms with Gasteiger partial charge in [0.15, 0.2) is 0 Å². The van der Waals surface area contributed by atoms with Crippen LogP contribution in [0.5, 0.6) is 0 Å². The second-order valence-electron chi connectivity index (χ2n) is 7.37. The summed E-state index contributed by atoms with van der Waals surface area (Å²) in [5, 5.41) is 5.72. The summed E-state index contributed by atoms with van der Waals surface area (Å²) < 4.78 is 5.26. The summed E-state index contributed by atoms with van der Waals surface area (Å²) >= 11 is 0. The average molecular weight is 300 g/mol. The zero-order chi connectivity index (χ0) is 16.6. The van der Waals surface area contributed by atoms with Gasteiger partial charge in [0.2, 0.25) is 5.91 Å². The average Bonchev–Trinajstić information content (AvgIpc) is 2.21. The zero-order valence-corrected chi connectivity index (χ0v) is 14.6. The molecule has 0 aliphatic rings. The topological polar surface area (TPSA) is 67.4 Å². The summed E-state index contributed by atoms with van der Waals surface area (Å²) in [7, 11) is 0. The number of hydrogen-bond acceptors (Lipinski definition) is 3. The molecule has 0 bridgehead atoms. The molecule has 21 heavy (non-hydrogen) atoms. The SMILES string of the molecule is CC(C)CC(=O)NC[C@H](CC(C)C)NC(=O)OC(C)(C)C. The largest absolute Gasteiger partial charge is 0.444 e. The van der Waals surface area contributed by atoms with Gasteiger partial charge in [0.1, 0.15) is 5.60 Å². The summed E-state index contributed by atoms with van der Waals surface area (Å²) in [6, 6.07) is -0.115. The minimum Gasteiger partial charge on any atom is -0.444 e. The van der Waals surface area contributed by atoms with Crippen molar-refractivity contribution in [3.05, 3.63) is 0 Å². The molecule has 5 heteroatoms. The summed E-state index contributed by atoms with van der Waals surface area (Å²) in [5.41, 5.74) is -0.520. The Labute approximate surface area is 129 Å². The van der Waals surface area contributed by atoms with Crippen molar-refractivity contribution in [1.29, 1.82) is 0 Å². The molecule has 2 N–H and O–H groups in total. The second kappa shape index (κ2) is 8.90. The maximum absolute atomic E-state index is 11.8. The second-order valence-corrected chi connectivity index (χ2v) is 7.37. The molecule has 2 amide bonds. The fourth-order valence-corrected chi connectivity index (χ4v) is 1.92. The van der Waals surface area contributed by atoms with Crippen molar-refractivity contribution >= 4 is 12.0 Å². The van der Waals surface area contributed by atoms with E-state index in [1.807, 2.05) is 34.6 Å². The molecule has 0 unspecified atom stereocenters. The molecule has 0 saturated carbocycles. The summed E-state index contributed by atoms with van der Waals surface area (Å²) in [5.74, 6) is 0.768. The highest BCUT2D eigenvalue weighted by Crippen LogP contribution is 2.09. The van der Waals surface area contributed by atoms with Gasteiger partial charge in [-0.15, -0.1) is 0 Å². The molecule has 0 aliphatic heterocycles. The van der Waals surface area contributed by atoms with E-state index < -0.39 is 11.7 Å². The quantitative estimate of drug-likeness (QED) is 0.759. The Morgan fingerprint density at radius 3 is 2.05 bits per heavy atom. The van der Waals surface area contributed by atoms with E-state index in [9.17, 15) is 9.59 Å². The highest BCUT2D eigenvalue weighted by Gasteiger charge is 2.20. The lowest BCUT2D eigenvalue weighted by molar-refractivity contribution is -0.121. The molecule has 0 fully saturated rings. The maximum Gasteiger partial charge on any atom is 0.407 e. The lowest BCUT2D eigenvalue weighted by atomic mass is 10.0. The lowest BCUT2D eigenvalue weighted by Gasteiger charge is -2.25. The van der Waals surface area contributed by atoms with Crippen LogP contribution in [0.3, 0.4) is 0 Å². The van der Waals surface area contributed by atoms with E-state index in [0.717, 1.165) is 6.42 Å². The highest BCUT2D eigenvalue weighted by molar-refractivity contribution is 5.76. The molecule has 5 nitrogen and oxygen atoms in total. The number of hydrogen-bond donors (Lipinski definition) is 2. The van der Waals surface area contributed by atoms with Crippen molar-refractivity contribution in [3.63, 3.8) is 0 Å². The first kappa shape index (κ1) is 19.7. The molecule has 0 aliphatic carbocycles. The fraction of sp³-hybridized carbons (Fsp3) is 0.875. The van der Waals surface area contributed by atoms with Crippen LogP contribution >= 0.6 is 0 Å². The predicted octanol–water partition coefficient (Wildman–Crippen LogP) is 3.09. The van der Waals surface area contributed by atoms with Crippen molar-refractivity contribution in [3.8, 4) is 0 Å². The summed E-state index contributed by atoms with van der Waals surface area (Å²) in [6.45, 7) is 14.1. The number of alkyl carbamates (subject to hydrolysis) is 1. The number of carbonyl (C=O) groups excluding carboxylic acids is 2. The van der Waals surface area contributed by atoms with Gasteiger partial charge in [0.25, 0.3) is 0 Å². The third-order valence-corrected chi connectivity index (χ3v) is 2.62. The van der Waals surface area contributed by atoms with Gasteiger partial charge in [0.05, 0.1) is 0 Å². The van der Waals surface area contributed by atoms with Crippen LogP contribution in [0.1, 0.15) is 61.3 Å².